The van der Waals surface area contributed by atoms with E-state index in [1.165, 1.54) is 6.92 Å². The molecule has 0 fully saturated rings. The highest BCUT2D eigenvalue weighted by atomic mass is 16.5. The zero-order valence-electron chi connectivity index (χ0n) is 13.4. The van der Waals surface area contributed by atoms with Crippen LogP contribution < -0.4 is 0 Å². The molecule has 0 saturated carbocycles. The van der Waals surface area contributed by atoms with E-state index in [2.05, 4.69) is 4.98 Å². The highest BCUT2D eigenvalue weighted by Gasteiger charge is 2.23. The Kier molecular flexibility index (Phi) is 6.58. The number of rotatable bonds is 8. The number of Topliss-reactive ketones (excluding diaryl/α,β-unsaturated/α-hetero) is 1. The second-order valence-electron chi connectivity index (χ2n) is 4.96. The minimum atomic E-state index is -0.141. The van der Waals surface area contributed by atoms with Gasteiger partial charge in [-0.1, -0.05) is 0 Å². The van der Waals surface area contributed by atoms with E-state index >= 15 is 0 Å². The molecule has 1 amide bonds. The largest absolute Gasteiger partial charge is 0.383 e. The second-order valence-corrected chi connectivity index (χ2v) is 4.96. The van der Waals surface area contributed by atoms with Gasteiger partial charge in [0.15, 0.2) is 5.78 Å². The molecule has 1 aromatic rings. The molecule has 0 aromatic carbocycles. The SMILES string of the molecule is COCCN(CCOC)C(=O)c1[nH]c(C)c(C(C)=O)c1C. The molecular weight excluding hydrogens is 272 g/mol. The van der Waals surface area contributed by atoms with Crippen molar-refractivity contribution in [2.45, 2.75) is 20.8 Å². The van der Waals surface area contributed by atoms with Crippen LogP contribution in [-0.4, -0.2) is 62.1 Å². The van der Waals surface area contributed by atoms with E-state index in [-0.39, 0.29) is 11.7 Å². The molecule has 21 heavy (non-hydrogen) atoms. The summed E-state index contributed by atoms with van der Waals surface area (Å²) in [5.41, 5.74) is 2.48. The number of ketones is 1. The first-order valence-electron chi connectivity index (χ1n) is 6.91. The molecule has 0 aliphatic heterocycles. The van der Waals surface area contributed by atoms with E-state index in [9.17, 15) is 9.59 Å². The van der Waals surface area contributed by atoms with Gasteiger partial charge in [0.1, 0.15) is 5.69 Å². The fraction of sp³-hybridized carbons (Fsp3) is 0.600. The fourth-order valence-corrected chi connectivity index (χ4v) is 2.37. The van der Waals surface area contributed by atoms with Crippen molar-refractivity contribution in [3.8, 4) is 0 Å². The highest BCUT2D eigenvalue weighted by Crippen LogP contribution is 2.19. The van der Waals surface area contributed by atoms with Crippen molar-refractivity contribution in [3.63, 3.8) is 0 Å². The molecule has 1 N–H and O–H groups in total. The van der Waals surface area contributed by atoms with Crippen LogP contribution in [0.1, 0.15) is 39.0 Å². The van der Waals surface area contributed by atoms with Gasteiger partial charge in [0.25, 0.3) is 5.91 Å². The summed E-state index contributed by atoms with van der Waals surface area (Å²) in [4.78, 5) is 29.0. The third-order valence-corrected chi connectivity index (χ3v) is 3.42. The number of hydrogen-bond donors (Lipinski definition) is 1. The lowest BCUT2D eigenvalue weighted by molar-refractivity contribution is 0.0621. The maximum Gasteiger partial charge on any atom is 0.270 e. The number of H-pyrrole nitrogens is 1. The second kappa shape index (κ2) is 7.95. The number of carbonyl (C=O) groups is 2. The van der Waals surface area contributed by atoms with Crippen LogP contribution in [0.2, 0.25) is 0 Å². The van der Waals surface area contributed by atoms with Gasteiger partial charge in [-0.2, -0.15) is 0 Å². The minimum absolute atomic E-state index is 0.0411. The van der Waals surface area contributed by atoms with Gasteiger partial charge in [0.05, 0.1) is 13.2 Å². The van der Waals surface area contributed by atoms with E-state index < -0.39 is 0 Å². The smallest absolute Gasteiger partial charge is 0.270 e. The summed E-state index contributed by atoms with van der Waals surface area (Å²) in [7, 11) is 3.19. The topological polar surface area (TPSA) is 71.6 Å². The van der Waals surface area contributed by atoms with Crippen molar-refractivity contribution >= 4 is 11.7 Å². The first kappa shape index (κ1) is 17.4. The van der Waals surface area contributed by atoms with Gasteiger partial charge in [-0.15, -0.1) is 0 Å². The van der Waals surface area contributed by atoms with Gasteiger partial charge >= 0.3 is 0 Å². The van der Waals surface area contributed by atoms with Crippen LogP contribution in [0, 0.1) is 13.8 Å². The average Bonchev–Trinajstić information content (AvgIpc) is 2.73. The summed E-state index contributed by atoms with van der Waals surface area (Å²) in [6.45, 7) is 6.96. The number of amides is 1. The summed E-state index contributed by atoms with van der Waals surface area (Å²) >= 11 is 0. The highest BCUT2D eigenvalue weighted by molar-refractivity contribution is 6.02. The summed E-state index contributed by atoms with van der Waals surface area (Å²) in [5.74, 6) is -0.183. The number of hydrogen-bond acceptors (Lipinski definition) is 4. The van der Waals surface area contributed by atoms with Crippen molar-refractivity contribution in [3.05, 3.63) is 22.5 Å². The molecule has 0 aliphatic carbocycles. The van der Waals surface area contributed by atoms with E-state index in [0.29, 0.717) is 43.1 Å². The van der Waals surface area contributed by atoms with Crippen LogP contribution >= 0.6 is 0 Å². The van der Waals surface area contributed by atoms with Gasteiger partial charge < -0.3 is 19.4 Å². The number of carbonyl (C=O) groups excluding carboxylic acids is 2. The summed E-state index contributed by atoms with van der Waals surface area (Å²) in [6, 6.07) is 0. The quantitative estimate of drug-likeness (QED) is 0.739. The molecule has 1 aromatic heterocycles. The van der Waals surface area contributed by atoms with Gasteiger partial charge in [-0.05, 0) is 26.3 Å². The van der Waals surface area contributed by atoms with E-state index in [0.717, 1.165) is 5.69 Å². The van der Waals surface area contributed by atoms with Crippen molar-refractivity contribution in [1.29, 1.82) is 0 Å². The Morgan fingerprint density at radius 2 is 1.62 bits per heavy atom. The first-order chi connectivity index (χ1) is 9.93. The number of aryl methyl sites for hydroxylation is 1. The van der Waals surface area contributed by atoms with Crippen LogP contribution in [0.3, 0.4) is 0 Å². The molecule has 6 heteroatoms. The first-order valence-corrected chi connectivity index (χ1v) is 6.91. The predicted molar refractivity (Wildman–Crippen MR) is 79.9 cm³/mol. The number of ether oxygens (including phenoxy) is 2. The van der Waals surface area contributed by atoms with E-state index in [1.54, 1.807) is 33.0 Å². The minimum Gasteiger partial charge on any atom is -0.383 e. The van der Waals surface area contributed by atoms with Crippen LogP contribution in [0.5, 0.6) is 0 Å². The van der Waals surface area contributed by atoms with Gasteiger partial charge in [-0.3, -0.25) is 9.59 Å². The maximum atomic E-state index is 12.6. The van der Waals surface area contributed by atoms with Crippen molar-refractivity contribution in [1.82, 2.24) is 9.88 Å². The number of nitrogens with zero attached hydrogens (tertiary/aromatic N) is 1. The molecule has 0 radical (unpaired) electrons. The molecule has 0 spiro atoms. The van der Waals surface area contributed by atoms with E-state index in [1.807, 2.05) is 0 Å². The summed E-state index contributed by atoms with van der Waals surface area (Å²) in [5, 5.41) is 0. The molecular formula is C15H24N2O4. The molecule has 0 atom stereocenters. The van der Waals surface area contributed by atoms with Crippen molar-refractivity contribution < 1.29 is 19.1 Å². The third-order valence-electron chi connectivity index (χ3n) is 3.42. The Balaban J connectivity index is 3.02. The Labute approximate surface area is 125 Å². The van der Waals surface area contributed by atoms with Crippen LogP contribution in [0.4, 0.5) is 0 Å². The summed E-state index contributed by atoms with van der Waals surface area (Å²) < 4.78 is 10.1. The summed E-state index contributed by atoms with van der Waals surface area (Å²) in [6.07, 6.45) is 0. The third kappa shape index (κ3) is 4.15. The average molecular weight is 296 g/mol. The molecule has 0 saturated heterocycles. The van der Waals surface area contributed by atoms with E-state index in [4.69, 9.17) is 9.47 Å². The number of aromatic amines is 1. The Morgan fingerprint density at radius 1 is 1.10 bits per heavy atom. The number of aromatic nitrogens is 1. The molecule has 0 aliphatic rings. The predicted octanol–water partition coefficient (Wildman–Crippen LogP) is 1.57. The molecule has 6 nitrogen and oxygen atoms in total. The number of nitrogens with one attached hydrogen (secondary N) is 1. The Morgan fingerprint density at radius 3 is 2.00 bits per heavy atom. The normalized spacial score (nSPS) is 10.7. The lowest BCUT2D eigenvalue weighted by Gasteiger charge is -2.21. The van der Waals surface area contributed by atoms with Crippen LogP contribution in [0.25, 0.3) is 0 Å². The molecule has 0 bridgehead atoms. The lowest BCUT2D eigenvalue weighted by atomic mass is 10.1. The monoisotopic (exact) mass is 296 g/mol. The van der Waals surface area contributed by atoms with Gasteiger partial charge in [0, 0.05) is 38.6 Å². The van der Waals surface area contributed by atoms with Crippen LogP contribution in [-0.2, 0) is 9.47 Å². The molecule has 1 rings (SSSR count). The van der Waals surface area contributed by atoms with Gasteiger partial charge in [-0.25, -0.2) is 0 Å². The zero-order valence-corrected chi connectivity index (χ0v) is 13.4. The fourth-order valence-electron chi connectivity index (χ4n) is 2.37. The van der Waals surface area contributed by atoms with Gasteiger partial charge in [0.2, 0.25) is 0 Å². The van der Waals surface area contributed by atoms with Crippen molar-refractivity contribution in [2.75, 3.05) is 40.5 Å². The van der Waals surface area contributed by atoms with Crippen molar-refractivity contribution in [2.24, 2.45) is 0 Å². The lowest BCUT2D eigenvalue weighted by Crippen LogP contribution is -2.37. The van der Waals surface area contributed by atoms with Crippen LogP contribution in [0.15, 0.2) is 0 Å². The molecule has 1 heterocycles. The Hall–Kier alpha value is -1.66. The molecule has 0 unspecified atom stereocenters. The standard InChI is InChI=1S/C15H24N2O4/c1-10-13(12(3)18)11(2)16-14(10)15(19)17(6-8-20-4)7-9-21-5/h16H,6-9H2,1-5H3. The maximum absolute atomic E-state index is 12.6. The zero-order chi connectivity index (χ0) is 16.0. The Bertz CT molecular complexity index is 500. The number of methoxy groups -OCH3 is 2. The molecule has 118 valence electrons.